The largest absolute Gasteiger partial charge is 0.312 e. The standard InChI is InChI=1S/C11H23NO/c1-10(13)8-6-5-7-9-12-11(2,3)4/h12H,5-9H2,1-4H3. The van der Waals surface area contributed by atoms with E-state index in [1.54, 1.807) is 6.92 Å². The second-order valence-corrected chi connectivity index (χ2v) is 4.69. The van der Waals surface area contributed by atoms with E-state index in [9.17, 15) is 4.79 Å². The third-order valence-corrected chi connectivity index (χ3v) is 1.86. The molecule has 78 valence electrons. The fourth-order valence-corrected chi connectivity index (χ4v) is 1.14. The predicted molar refractivity (Wildman–Crippen MR) is 56.9 cm³/mol. The van der Waals surface area contributed by atoms with Crippen LogP contribution in [-0.2, 0) is 4.79 Å². The Hall–Kier alpha value is -0.370. The molecule has 0 amide bonds. The van der Waals surface area contributed by atoms with Crippen LogP contribution in [0.3, 0.4) is 0 Å². The fraction of sp³-hybridized carbons (Fsp3) is 0.909. The molecule has 0 spiro atoms. The van der Waals surface area contributed by atoms with Gasteiger partial charge in [-0.15, -0.1) is 0 Å². The molecule has 2 nitrogen and oxygen atoms in total. The maximum Gasteiger partial charge on any atom is 0.129 e. The van der Waals surface area contributed by atoms with Crippen LogP contribution in [0.1, 0.15) is 53.4 Å². The Labute approximate surface area is 82.1 Å². The first kappa shape index (κ1) is 12.6. The van der Waals surface area contributed by atoms with Crippen LogP contribution in [-0.4, -0.2) is 17.9 Å². The lowest BCUT2D eigenvalue weighted by Crippen LogP contribution is -2.36. The minimum absolute atomic E-state index is 0.223. The Balaban J connectivity index is 3.13. The van der Waals surface area contributed by atoms with E-state index in [0.29, 0.717) is 5.78 Å². The second-order valence-electron chi connectivity index (χ2n) is 4.69. The van der Waals surface area contributed by atoms with Gasteiger partial charge in [0, 0.05) is 12.0 Å². The van der Waals surface area contributed by atoms with Gasteiger partial charge < -0.3 is 10.1 Å². The van der Waals surface area contributed by atoms with Gasteiger partial charge in [-0.2, -0.15) is 0 Å². The molecule has 0 aromatic carbocycles. The molecular weight excluding hydrogens is 162 g/mol. The van der Waals surface area contributed by atoms with Crippen LogP contribution in [0.4, 0.5) is 0 Å². The third-order valence-electron chi connectivity index (χ3n) is 1.86. The molecule has 1 N–H and O–H groups in total. The van der Waals surface area contributed by atoms with Crippen molar-refractivity contribution in [2.24, 2.45) is 0 Å². The maximum atomic E-state index is 10.6. The second kappa shape index (κ2) is 6.14. The lowest BCUT2D eigenvalue weighted by Gasteiger charge is -2.20. The Morgan fingerprint density at radius 3 is 2.23 bits per heavy atom. The van der Waals surface area contributed by atoms with E-state index in [1.165, 1.54) is 6.42 Å². The maximum absolute atomic E-state index is 10.6. The van der Waals surface area contributed by atoms with Crippen molar-refractivity contribution in [3.8, 4) is 0 Å². The minimum atomic E-state index is 0.223. The molecule has 0 aliphatic heterocycles. The van der Waals surface area contributed by atoms with Crippen molar-refractivity contribution < 1.29 is 4.79 Å². The number of hydrogen-bond acceptors (Lipinski definition) is 2. The van der Waals surface area contributed by atoms with Crippen molar-refractivity contribution in [2.75, 3.05) is 6.54 Å². The molecule has 0 fully saturated rings. The number of Topliss-reactive ketones (excluding diaryl/α,β-unsaturated/α-hetero) is 1. The zero-order valence-electron chi connectivity index (χ0n) is 9.44. The average molecular weight is 185 g/mol. The molecule has 0 atom stereocenters. The summed E-state index contributed by atoms with van der Waals surface area (Å²) < 4.78 is 0. The number of carbonyl (C=O) groups is 1. The molecule has 0 aromatic rings. The summed E-state index contributed by atoms with van der Waals surface area (Å²) in [5, 5.41) is 3.43. The van der Waals surface area contributed by atoms with Crippen molar-refractivity contribution in [2.45, 2.75) is 58.9 Å². The number of unbranched alkanes of at least 4 members (excludes halogenated alkanes) is 2. The van der Waals surface area contributed by atoms with E-state index < -0.39 is 0 Å². The van der Waals surface area contributed by atoms with Gasteiger partial charge in [0.1, 0.15) is 5.78 Å². The van der Waals surface area contributed by atoms with Gasteiger partial charge in [0.05, 0.1) is 0 Å². The summed E-state index contributed by atoms with van der Waals surface area (Å²) >= 11 is 0. The lowest BCUT2D eigenvalue weighted by molar-refractivity contribution is -0.117. The molecule has 13 heavy (non-hydrogen) atoms. The highest BCUT2D eigenvalue weighted by atomic mass is 16.1. The first-order valence-corrected chi connectivity index (χ1v) is 5.16. The number of hydrogen-bond donors (Lipinski definition) is 1. The summed E-state index contributed by atoms with van der Waals surface area (Å²) in [6, 6.07) is 0. The predicted octanol–water partition coefficient (Wildman–Crippen LogP) is 2.52. The van der Waals surface area contributed by atoms with Gasteiger partial charge in [0.25, 0.3) is 0 Å². The van der Waals surface area contributed by atoms with Crippen LogP contribution in [0, 0.1) is 0 Å². The third kappa shape index (κ3) is 11.6. The average Bonchev–Trinajstić information content (AvgIpc) is 1.93. The van der Waals surface area contributed by atoms with Gasteiger partial charge in [0.2, 0.25) is 0 Å². The number of rotatable bonds is 6. The monoisotopic (exact) mass is 185 g/mol. The molecular formula is C11H23NO. The Morgan fingerprint density at radius 2 is 1.77 bits per heavy atom. The fourth-order valence-electron chi connectivity index (χ4n) is 1.14. The zero-order chi connectivity index (χ0) is 10.3. The quantitative estimate of drug-likeness (QED) is 0.644. The topological polar surface area (TPSA) is 29.1 Å². The van der Waals surface area contributed by atoms with Gasteiger partial charge in [0.15, 0.2) is 0 Å². The van der Waals surface area contributed by atoms with Crippen molar-refractivity contribution in [1.82, 2.24) is 5.32 Å². The van der Waals surface area contributed by atoms with E-state index in [1.807, 2.05) is 0 Å². The van der Waals surface area contributed by atoms with Crippen LogP contribution in [0.5, 0.6) is 0 Å². The smallest absolute Gasteiger partial charge is 0.129 e. The molecule has 0 rings (SSSR count). The first-order chi connectivity index (χ1) is 5.92. The SMILES string of the molecule is CC(=O)CCCCCNC(C)(C)C. The summed E-state index contributed by atoms with van der Waals surface area (Å²) in [6.07, 6.45) is 4.11. The van der Waals surface area contributed by atoms with Crippen molar-refractivity contribution in [3.05, 3.63) is 0 Å². The first-order valence-electron chi connectivity index (χ1n) is 5.16. The van der Waals surface area contributed by atoms with E-state index in [-0.39, 0.29) is 5.54 Å². The molecule has 0 heterocycles. The van der Waals surface area contributed by atoms with Gasteiger partial charge in [-0.3, -0.25) is 0 Å². The molecule has 0 bridgehead atoms. The highest BCUT2D eigenvalue weighted by Crippen LogP contribution is 2.02. The normalized spacial score (nSPS) is 11.7. The molecule has 0 saturated carbocycles. The molecule has 0 aliphatic rings. The van der Waals surface area contributed by atoms with E-state index in [0.717, 1.165) is 25.8 Å². The van der Waals surface area contributed by atoms with Crippen molar-refractivity contribution >= 4 is 5.78 Å². The summed E-state index contributed by atoms with van der Waals surface area (Å²) in [5.74, 6) is 0.309. The summed E-state index contributed by atoms with van der Waals surface area (Å²) in [7, 11) is 0. The number of nitrogens with one attached hydrogen (secondary N) is 1. The van der Waals surface area contributed by atoms with Crippen molar-refractivity contribution in [3.63, 3.8) is 0 Å². The van der Waals surface area contributed by atoms with Crippen LogP contribution in [0.2, 0.25) is 0 Å². The molecule has 0 unspecified atom stereocenters. The van der Waals surface area contributed by atoms with Crippen LogP contribution in [0.15, 0.2) is 0 Å². The molecule has 0 aliphatic carbocycles. The van der Waals surface area contributed by atoms with Gasteiger partial charge >= 0.3 is 0 Å². The van der Waals surface area contributed by atoms with E-state index >= 15 is 0 Å². The van der Waals surface area contributed by atoms with Gasteiger partial charge in [-0.1, -0.05) is 6.42 Å². The Kier molecular flexibility index (Phi) is 5.97. The van der Waals surface area contributed by atoms with E-state index in [2.05, 4.69) is 26.1 Å². The van der Waals surface area contributed by atoms with Gasteiger partial charge in [-0.25, -0.2) is 0 Å². The summed E-state index contributed by atoms with van der Waals surface area (Å²) in [4.78, 5) is 10.6. The Bertz CT molecular complexity index is 147. The van der Waals surface area contributed by atoms with Crippen molar-refractivity contribution in [1.29, 1.82) is 0 Å². The van der Waals surface area contributed by atoms with Crippen LogP contribution >= 0.6 is 0 Å². The van der Waals surface area contributed by atoms with E-state index in [4.69, 9.17) is 0 Å². The lowest BCUT2D eigenvalue weighted by atomic mass is 10.1. The summed E-state index contributed by atoms with van der Waals surface area (Å²) in [5.41, 5.74) is 0.223. The van der Waals surface area contributed by atoms with Gasteiger partial charge in [-0.05, 0) is 47.1 Å². The minimum Gasteiger partial charge on any atom is -0.312 e. The Morgan fingerprint density at radius 1 is 1.15 bits per heavy atom. The van der Waals surface area contributed by atoms with Crippen LogP contribution in [0.25, 0.3) is 0 Å². The summed E-state index contributed by atoms with van der Waals surface area (Å²) in [6.45, 7) is 9.22. The zero-order valence-corrected chi connectivity index (χ0v) is 9.44. The number of carbonyl (C=O) groups excluding carboxylic acids is 1. The van der Waals surface area contributed by atoms with Crippen LogP contribution < -0.4 is 5.32 Å². The molecule has 2 heteroatoms. The number of ketones is 1. The molecule has 0 radical (unpaired) electrons. The highest BCUT2D eigenvalue weighted by Gasteiger charge is 2.06. The molecule has 0 saturated heterocycles. The highest BCUT2D eigenvalue weighted by molar-refractivity contribution is 5.75. The molecule has 0 aromatic heterocycles.